The second-order valence-electron chi connectivity index (χ2n) is 2.68. The molecule has 0 atom stereocenters. The highest BCUT2D eigenvalue weighted by molar-refractivity contribution is 6.07. The topological polar surface area (TPSA) is 17.1 Å². The molecule has 0 spiro atoms. The van der Waals surface area contributed by atoms with Gasteiger partial charge in [-0.25, -0.2) is 0 Å². The first-order chi connectivity index (χ1) is 6.79. The van der Waals surface area contributed by atoms with Crippen molar-refractivity contribution in [3.63, 3.8) is 0 Å². The van der Waals surface area contributed by atoms with Crippen LogP contribution in [-0.2, 0) is 4.79 Å². The lowest BCUT2D eigenvalue weighted by atomic mass is 10.0. The zero-order valence-corrected chi connectivity index (χ0v) is 9.37. The first-order valence-electron chi connectivity index (χ1n) is 4.97. The molecular formula is C13H18O. The molecule has 1 heteroatoms. The summed E-state index contributed by atoms with van der Waals surface area (Å²) in [7, 11) is 0. The molecule has 0 N–H and O–H groups in total. The number of carbonyl (C=O) groups excluding carboxylic acids is 1. The van der Waals surface area contributed by atoms with Crippen molar-refractivity contribution >= 4 is 11.9 Å². The Morgan fingerprint density at radius 1 is 1.21 bits per heavy atom. The van der Waals surface area contributed by atoms with E-state index in [1.165, 1.54) is 0 Å². The summed E-state index contributed by atoms with van der Waals surface area (Å²) >= 11 is 0. The van der Waals surface area contributed by atoms with E-state index < -0.39 is 0 Å². The van der Waals surface area contributed by atoms with E-state index in [1.54, 1.807) is 0 Å². The quantitative estimate of drug-likeness (QED) is 0.514. The normalized spacial score (nSPS) is 10.1. The number of benzene rings is 1. The summed E-state index contributed by atoms with van der Waals surface area (Å²) in [6.07, 6.45) is 2.72. The molecule has 0 saturated carbocycles. The monoisotopic (exact) mass is 190 g/mol. The van der Waals surface area contributed by atoms with E-state index >= 15 is 0 Å². The van der Waals surface area contributed by atoms with Crippen LogP contribution in [0.15, 0.2) is 30.3 Å². The molecule has 0 aliphatic rings. The van der Waals surface area contributed by atoms with Crippen molar-refractivity contribution in [3.05, 3.63) is 41.5 Å². The van der Waals surface area contributed by atoms with E-state index in [4.69, 9.17) is 0 Å². The molecular weight excluding hydrogens is 172 g/mol. The van der Waals surface area contributed by atoms with Gasteiger partial charge < -0.3 is 0 Å². The van der Waals surface area contributed by atoms with Gasteiger partial charge in [-0.15, -0.1) is 0 Å². The lowest BCUT2D eigenvalue weighted by molar-refractivity contribution is -0.103. The summed E-state index contributed by atoms with van der Waals surface area (Å²) in [5, 5.41) is 0. The predicted octanol–water partition coefficient (Wildman–Crippen LogP) is 3.62. The SMILES string of the molecule is C/C=C(/C=O)c1ccccc1C.CC. The molecule has 0 aliphatic heterocycles. The zero-order valence-electron chi connectivity index (χ0n) is 9.37. The van der Waals surface area contributed by atoms with Gasteiger partial charge in [0.05, 0.1) is 0 Å². The van der Waals surface area contributed by atoms with Gasteiger partial charge in [0, 0.05) is 5.57 Å². The molecule has 0 fully saturated rings. The Bertz CT molecular complexity index is 311. The second kappa shape index (κ2) is 7.07. The van der Waals surface area contributed by atoms with Gasteiger partial charge in [0.1, 0.15) is 6.29 Å². The average Bonchev–Trinajstić information content (AvgIpc) is 2.25. The maximum absolute atomic E-state index is 10.6. The molecule has 0 amide bonds. The van der Waals surface area contributed by atoms with Crippen molar-refractivity contribution in [1.29, 1.82) is 0 Å². The molecule has 1 nitrogen and oxygen atoms in total. The van der Waals surface area contributed by atoms with Crippen molar-refractivity contribution in [2.75, 3.05) is 0 Å². The Morgan fingerprint density at radius 2 is 1.79 bits per heavy atom. The maximum Gasteiger partial charge on any atom is 0.150 e. The molecule has 76 valence electrons. The third kappa shape index (κ3) is 3.17. The predicted molar refractivity (Wildman–Crippen MR) is 62.2 cm³/mol. The minimum atomic E-state index is 0.758. The molecule has 0 aromatic heterocycles. The second-order valence-corrected chi connectivity index (χ2v) is 2.68. The minimum absolute atomic E-state index is 0.758. The zero-order chi connectivity index (χ0) is 11.0. The maximum atomic E-state index is 10.6. The Hall–Kier alpha value is -1.37. The largest absolute Gasteiger partial charge is 0.298 e. The van der Waals surface area contributed by atoms with Gasteiger partial charge in [0.15, 0.2) is 0 Å². The van der Waals surface area contributed by atoms with Gasteiger partial charge in [-0.1, -0.05) is 44.2 Å². The third-order valence-corrected chi connectivity index (χ3v) is 1.89. The molecule has 0 saturated heterocycles. The van der Waals surface area contributed by atoms with Gasteiger partial charge in [-0.2, -0.15) is 0 Å². The number of rotatable bonds is 2. The summed E-state index contributed by atoms with van der Waals surface area (Å²) in [5.74, 6) is 0. The van der Waals surface area contributed by atoms with E-state index in [-0.39, 0.29) is 0 Å². The van der Waals surface area contributed by atoms with E-state index in [1.807, 2.05) is 58.0 Å². The first kappa shape index (κ1) is 12.6. The van der Waals surface area contributed by atoms with Crippen molar-refractivity contribution in [1.82, 2.24) is 0 Å². The highest BCUT2D eigenvalue weighted by atomic mass is 16.1. The molecule has 0 heterocycles. The van der Waals surface area contributed by atoms with Gasteiger partial charge in [0.2, 0.25) is 0 Å². The van der Waals surface area contributed by atoms with E-state index in [2.05, 4.69) is 0 Å². The summed E-state index contributed by atoms with van der Waals surface area (Å²) in [5.41, 5.74) is 2.92. The van der Waals surface area contributed by atoms with Crippen molar-refractivity contribution < 1.29 is 4.79 Å². The molecule has 1 rings (SSSR count). The fourth-order valence-corrected chi connectivity index (χ4v) is 1.18. The first-order valence-corrected chi connectivity index (χ1v) is 4.97. The number of aryl methyl sites for hydroxylation is 1. The van der Waals surface area contributed by atoms with Crippen molar-refractivity contribution in [2.45, 2.75) is 27.7 Å². The third-order valence-electron chi connectivity index (χ3n) is 1.89. The minimum Gasteiger partial charge on any atom is -0.298 e. The van der Waals surface area contributed by atoms with Gasteiger partial charge in [-0.05, 0) is 25.0 Å². The van der Waals surface area contributed by atoms with Crippen LogP contribution in [0.5, 0.6) is 0 Å². The molecule has 14 heavy (non-hydrogen) atoms. The van der Waals surface area contributed by atoms with Crippen LogP contribution in [0.1, 0.15) is 31.9 Å². The van der Waals surface area contributed by atoms with E-state index in [9.17, 15) is 4.79 Å². The van der Waals surface area contributed by atoms with Crippen LogP contribution in [0, 0.1) is 6.92 Å². The van der Waals surface area contributed by atoms with Crippen LogP contribution in [0.3, 0.4) is 0 Å². The summed E-state index contributed by atoms with van der Waals surface area (Å²) in [6.45, 7) is 7.87. The standard InChI is InChI=1S/C11H12O.C2H6/c1-3-10(8-12)11-7-5-4-6-9(11)2;1-2/h3-8H,1-2H3;1-2H3/b10-3-;. The Balaban J connectivity index is 0.000000791. The van der Waals surface area contributed by atoms with Crippen LogP contribution in [0.2, 0.25) is 0 Å². The Morgan fingerprint density at radius 3 is 2.21 bits per heavy atom. The smallest absolute Gasteiger partial charge is 0.150 e. The van der Waals surface area contributed by atoms with Gasteiger partial charge >= 0.3 is 0 Å². The average molecular weight is 190 g/mol. The van der Waals surface area contributed by atoms with E-state index in [0.29, 0.717) is 0 Å². The van der Waals surface area contributed by atoms with Crippen LogP contribution < -0.4 is 0 Å². The molecule has 1 aromatic rings. The molecule has 0 radical (unpaired) electrons. The summed E-state index contributed by atoms with van der Waals surface area (Å²) < 4.78 is 0. The highest BCUT2D eigenvalue weighted by Crippen LogP contribution is 2.15. The molecule has 1 aromatic carbocycles. The van der Waals surface area contributed by atoms with Crippen molar-refractivity contribution in [3.8, 4) is 0 Å². The van der Waals surface area contributed by atoms with Crippen LogP contribution in [0.25, 0.3) is 5.57 Å². The summed E-state index contributed by atoms with van der Waals surface area (Å²) in [4.78, 5) is 10.6. The lowest BCUT2D eigenvalue weighted by Crippen LogP contribution is -1.88. The number of hydrogen-bond donors (Lipinski definition) is 0. The van der Waals surface area contributed by atoms with Crippen LogP contribution in [-0.4, -0.2) is 6.29 Å². The Labute approximate surface area is 86.5 Å². The fourth-order valence-electron chi connectivity index (χ4n) is 1.18. The van der Waals surface area contributed by atoms with E-state index in [0.717, 1.165) is 23.0 Å². The lowest BCUT2D eigenvalue weighted by Gasteiger charge is -2.02. The highest BCUT2D eigenvalue weighted by Gasteiger charge is 2.00. The Kier molecular flexibility index (Phi) is 6.38. The number of carbonyl (C=O) groups is 1. The van der Waals surface area contributed by atoms with Gasteiger partial charge in [-0.3, -0.25) is 4.79 Å². The van der Waals surface area contributed by atoms with Crippen LogP contribution >= 0.6 is 0 Å². The number of aldehydes is 1. The fraction of sp³-hybridized carbons (Fsp3) is 0.308. The molecule has 0 bridgehead atoms. The molecule has 0 aliphatic carbocycles. The molecule has 0 unspecified atom stereocenters. The van der Waals surface area contributed by atoms with Gasteiger partial charge in [0.25, 0.3) is 0 Å². The van der Waals surface area contributed by atoms with Crippen LogP contribution in [0.4, 0.5) is 0 Å². The number of allylic oxidation sites excluding steroid dienone is 2. The number of hydrogen-bond acceptors (Lipinski definition) is 1. The van der Waals surface area contributed by atoms with Crippen molar-refractivity contribution in [2.24, 2.45) is 0 Å². The summed E-state index contributed by atoms with van der Waals surface area (Å²) in [6, 6.07) is 7.87.